The molecule has 3 N–H and O–H groups in total. The van der Waals surface area contributed by atoms with E-state index < -0.39 is 6.04 Å². The van der Waals surface area contributed by atoms with Crippen molar-refractivity contribution < 1.29 is 9.90 Å². The highest BCUT2D eigenvalue weighted by molar-refractivity contribution is 7.23. The van der Waals surface area contributed by atoms with E-state index in [4.69, 9.17) is 23.2 Å². The Morgan fingerprint density at radius 3 is 2.68 bits per heavy atom. The number of aliphatic hydroxyl groups excluding tert-OH is 1. The summed E-state index contributed by atoms with van der Waals surface area (Å²) in [5, 5.41) is 12.7. The molecule has 1 amide bonds. The molecule has 1 unspecified atom stereocenters. The van der Waals surface area contributed by atoms with Gasteiger partial charge < -0.3 is 15.4 Å². The van der Waals surface area contributed by atoms with Crippen LogP contribution < -0.4 is 5.32 Å². The van der Waals surface area contributed by atoms with Crippen LogP contribution in [0.4, 0.5) is 0 Å². The highest BCUT2D eigenvalue weighted by Gasteiger charge is 2.19. The first kappa shape index (κ1) is 15.4. The van der Waals surface area contributed by atoms with Gasteiger partial charge in [0.1, 0.15) is 10.0 Å². The molecular weight excluding hydrogens is 343 g/mol. The Morgan fingerprint density at radius 1 is 1.32 bits per heavy atom. The van der Waals surface area contributed by atoms with Crippen LogP contribution in [0.3, 0.4) is 0 Å². The van der Waals surface area contributed by atoms with Crippen molar-refractivity contribution in [3.8, 4) is 0 Å². The average molecular weight is 355 g/mol. The molecule has 4 nitrogen and oxygen atoms in total. The van der Waals surface area contributed by atoms with Gasteiger partial charge in [0.2, 0.25) is 0 Å². The summed E-state index contributed by atoms with van der Waals surface area (Å²) in [6.45, 7) is -0.183. The smallest absolute Gasteiger partial charge is 0.268 e. The minimum atomic E-state index is -0.464. The molecule has 0 saturated heterocycles. The van der Waals surface area contributed by atoms with Crippen molar-refractivity contribution >= 4 is 50.7 Å². The van der Waals surface area contributed by atoms with E-state index in [-0.39, 0.29) is 12.5 Å². The molecule has 3 aromatic rings. The zero-order valence-corrected chi connectivity index (χ0v) is 13.6. The lowest BCUT2D eigenvalue weighted by atomic mass is 10.1. The summed E-state index contributed by atoms with van der Waals surface area (Å²) in [7, 11) is 0. The number of aromatic amines is 1. The number of H-pyrrole nitrogens is 1. The molecule has 7 heteroatoms. The number of rotatable bonds is 4. The predicted octanol–water partition coefficient (Wildman–Crippen LogP) is 4.00. The van der Waals surface area contributed by atoms with Crippen molar-refractivity contribution in [1.82, 2.24) is 10.3 Å². The highest BCUT2D eigenvalue weighted by Crippen LogP contribution is 2.38. The van der Waals surface area contributed by atoms with Crippen LogP contribution in [0.5, 0.6) is 0 Å². The number of carbonyl (C=O) groups is 1. The summed E-state index contributed by atoms with van der Waals surface area (Å²) >= 11 is 13.3. The van der Waals surface area contributed by atoms with E-state index in [0.29, 0.717) is 20.6 Å². The Labute approximate surface area is 140 Å². The van der Waals surface area contributed by atoms with Gasteiger partial charge >= 0.3 is 0 Å². The maximum Gasteiger partial charge on any atom is 0.268 e. The van der Waals surface area contributed by atoms with E-state index in [1.54, 1.807) is 6.07 Å². The van der Waals surface area contributed by atoms with E-state index in [2.05, 4.69) is 10.3 Å². The predicted molar refractivity (Wildman–Crippen MR) is 89.9 cm³/mol. The maximum atomic E-state index is 12.3. The van der Waals surface area contributed by atoms with Crippen LogP contribution in [0.15, 0.2) is 36.4 Å². The molecule has 0 bridgehead atoms. The molecule has 114 valence electrons. The van der Waals surface area contributed by atoms with Crippen LogP contribution in [0.2, 0.25) is 9.36 Å². The highest BCUT2D eigenvalue weighted by atomic mass is 35.5. The van der Waals surface area contributed by atoms with Crippen molar-refractivity contribution in [2.24, 2.45) is 0 Å². The number of aromatic nitrogens is 1. The van der Waals surface area contributed by atoms with E-state index in [9.17, 15) is 9.90 Å². The van der Waals surface area contributed by atoms with E-state index in [0.717, 1.165) is 10.3 Å². The Kier molecular flexibility index (Phi) is 4.40. The number of hydrogen-bond donors (Lipinski definition) is 3. The number of aliphatic hydroxyl groups is 1. The Morgan fingerprint density at radius 2 is 2.05 bits per heavy atom. The number of hydrogen-bond acceptors (Lipinski definition) is 3. The largest absolute Gasteiger partial charge is 0.394 e. The number of carbonyl (C=O) groups excluding carboxylic acids is 1. The zero-order valence-electron chi connectivity index (χ0n) is 11.3. The molecule has 0 radical (unpaired) electrons. The number of nitrogens with one attached hydrogen (secondary N) is 2. The fourth-order valence-electron chi connectivity index (χ4n) is 2.20. The van der Waals surface area contributed by atoms with Crippen LogP contribution in [0, 0.1) is 0 Å². The zero-order chi connectivity index (χ0) is 15.7. The monoisotopic (exact) mass is 354 g/mol. The molecule has 1 aromatic carbocycles. The van der Waals surface area contributed by atoms with Crippen LogP contribution in [0.25, 0.3) is 10.2 Å². The number of fused-ring (bicyclic) bond motifs is 1. The van der Waals surface area contributed by atoms with Gasteiger partial charge in [0.25, 0.3) is 5.91 Å². The van der Waals surface area contributed by atoms with E-state index in [1.165, 1.54) is 11.3 Å². The summed E-state index contributed by atoms with van der Waals surface area (Å²) in [4.78, 5) is 15.3. The Balaban J connectivity index is 1.83. The second kappa shape index (κ2) is 6.30. The molecule has 0 spiro atoms. The third kappa shape index (κ3) is 2.85. The molecule has 22 heavy (non-hydrogen) atoms. The second-order valence-corrected chi connectivity index (χ2v) is 6.76. The van der Waals surface area contributed by atoms with Crippen molar-refractivity contribution in [3.63, 3.8) is 0 Å². The van der Waals surface area contributed by atoms with Crippen molar-refractivity contribution in [2.45, 2.75) is 6.04 Å². The number of thiophene rings is 1. The number of benzene rings is 1. The lowest BCUT2D eigenvalue weighted by molar-refractivity contribution is 0.0912. The first-order chi connectivity index (χ1) is 10.6. The quantitative estimate of drug-likeness (QED) is 0.662. The van der Waals surface area contributed by atoms with Gasteiger partial charge in [-0.2, -0.15) is 0 Å². The molecule has 0 aliphatic rings. The van der Waals surface area contributed by atoms with E-state index >= 15 is 0 Å². The minimum absolute atomic E-state index is 0.183. The van der Waals surface area contributed by atoms with Gasteiger partial charge in [0, 0.05) is 0 Å². The first-order valence-electron chi connectivity index (χ1n) is 6.53. The van der Waals surface area contributed by atoms with Gasteiger partial charge in [-0.1, -0.05) is 53.5 Å². The third-order valence-corrected chi connectivity index (χ3v) is 5.24. The Bertz CT molecular complexity index is 814. The molecule has 2 aromatic heterocycles. The van der Waals surface area contributed by atoms with Crippen LogP contribution in [0.1, 0.15) is 22.1 Å². The summed E-state index contributed by atoms with van der Waals surface area (Å²) < 4.78 is 1.31. The summed E-state index contributed by atoms with van der Waals surface area (Å²) in [5.74, 6) is -0.307. The molecule has 1 atom stereocenters. The van der Waals surface area contributed by atoms with E-state index in [1.807, 2.05) is 30.3 Å². The molecule has 2 heterocycles. The maximum absolute atomic E-state index is 12.3. The van der Waals surface area contributed by atoms with Crippen LogP contribution >= 0.6 is 34.5 Å². The van der Waals surface area contributed by atoms with Crippen molar-refractivity contribution in [1.29, 1.82) is 0 Å². The van der Waals surface area contributed by atoms with Gasteiger partial charge in [-0.25, -0.2) is 0 Å². The Hall–Kier alpha value is -1.53. The van der Waals surface area contributed by atoms with Gasteiger partial charge in [0.05, 0.1) is 27.9 Å². The molecule has 0 saturated carbocycles. The van der Waals surface area contributed by atoms with Gasteiger partial charge in [-0.3, -0.25) is 4.79 Å². The molecule has 0 aliphatic carbocycles. The van der Waals surface area contributed by atoms with Gasteiger partial charge in [-0.15, -0.1) is 11.3 Å². The normalized spacial score (nSPS) is 12.5. The van der Waals surface area contributed by atoms with Crippen molar-refractivity contribution in [2.75, 3.05) is 6.61 Å². The molecule has 0 aliphatic heterocycles. The van der Waals surface area contributed by atoms with Crippen LogP contribution in [-0.4, -0.2) is 22.6 Å². The standard InChI is InChI=1S/C15H12Cl2N2O2S/c16-12-13-11(22-14(12)17)6-9(18-13)15(21)19-10(7-20)8-4-2-1-3-5-8/h1-6,10,18,20H,7H2,(H,19,21). The topological polar surface area (TPSA) is 65.1 Å². The third-order valence-electron chi connectivity index (χ3n) is 3.31. The SMILES string of the molecule is O=C(NC(CO)c1ccccc1)c1cc2sc(Cl)c(Cl)c2[nH]1. The average Bonchev–Trinajstić information content (AvgIpc) is 3.06. The summed E-state index contributed by atoms with van der Waals surface area (Å²) in [6, 6.07) is 10.5. The molecule has 0 fully saturated rings. The molecular formula is C15H12Cl2N2O2S. The van der Waals surface area contributed by atoms with Gasteiger partial charge in [-0.05, 0) is 11.6 Å². The fourth-order valence-corrected chi connectivity index (χ4v) is 3.68. The minimum Gasteiger partial charge on any atom is -0.394 e. The second-order valence-electron chi connectivity index (χ2n) is 4.73. The first-order valence-corrected chi connectivity index (χ1v) is 8.10. The summed E-state index contributed by atoms with van der Waals surface area (Å²) in [6.07, 6.45) is 0. The molecule has 3 rings (SSSR count). The summed E-state index contributed by atoms with van der Waals surface area (Å²) in [5.41, 5.74) is 1.88. The lowest BCUT2D eigenvalue weighted by Crippen LogP contribution is -2.30. The fraction of sp³-hybridized carbons (Fsp3) is 0.133. The lowest BCUT2D eigenvalue weighted by Gasteiger charge is -2.16. The number of halogens is 2. The number of amides is 1. The van der Waals surface area contributed by atoms with Crippen LogP contribution in [-0.2, 0) is 0 Å². The van der Waals surface area contributed by atoms with Gasteiger partial charge in [0.15, 0.2) is 0 Å². The van der Waals surface area contributed by atoms with Crippen molar-refractivity contribution in [3.05, 3.63) is 57.0 Å².